The second kappa shape index (κ2) is 9.03. The molecule has 0 unspecified atom stereocenters. The summed E-state index contributed by atoms with van der Waals surface area (Å²) in [5.74, 6) is 1.21. The second-order valence-electron chi connectivity index (χ2n) is 7.55. The Bertz CT molecular complexity index is 1050. The van der Waals surface area contributed by atoms with Gasteiger partial charge in [-0.3, -0.25) is 9.59 Å². The van der Waals surface area contributed by atoms with Crippen LogP contribution in [0.1, 0.15) is 35.4 Å². The molecule has 9 heteroatoms. The highest BCUT2D eigenvalue weighted by Gasteiger charge is 2.30. The smallest absolute Gasteiger partial charge is 0.254 e. The van der Waals surface area contributed by atoms with Crippen molar-refractivity contribution in [2.45, 2.75) is 25.7 Å². The molecule has 2 N–H and O–H groups in total. The van der Waals surface area contributed by atoms with Crippen molar-refractivity contribution in [3.63, 3.8) is 0 Å². The summed E-state index contributed by atoms with van der Waals surface area (Å²) >= 11 is 0. The number of nitrogens with zero attached hydrogens (tertiary/aromatic N) is 4. The lowest BCUT2D eigenvalue weighted by molar-refractivity contribution is -0.132. The van der Waals surface area contributed by atoms with Gasteiger partial charge in [-0.25, -0.2) is 4.68 Å². The van der Waals surface area contributed by atoms with E-state index in [2.05, 4.69) is 10.3 Å². The number of Topliss-reactive ketones (excluding diaryl/α,β-unsaturated/α-hetero) is 1. The predicted molar refractivity (Wildman–Crippen MR) is 113 cm³/mol. The number of hydrogen-bond donors (Lipinski definition) is 1. The van der Waals surface area contributed by atoms with Crippen LogP contribution < -0.4 is 10.5 Å². The van der Waals surface area contributed by atoms with Crippen LogP contribution in [-0.4, -0.2) is 51.7 Å². The number of methoxy groups -OCH3 is 1. The van der Waals surface area contributed by atoms with Crippen molar-refractivity contribution in [2.75, 3.05) is 25.9 Å². The minimum absolute atomic E-state index is 0.0134. The van der Waals surface area contributed by atoms with Crippen LogP contribution >= 0.6 is 0 Å². The van der Waals surface area contributed by atoms with Gasteiger partial charge >= 0.3 is 0 Å². The maximum Gasteiger partial charge on any atom is 0.254 e. The van der Waals surface area contributed by atoms with E-state index >= 15 is 0 Å². The fraction of sp³-hybridized carbons (Fsp3) is 0.364. The average Bonchev–Trinajstić information content (AvgIpc) is 3.44. The number of nitrogens with two attached hydrogens (primary N) is 1. The quantitative estimate of drug-likeness (QED) is 0.580. The SMILES string of the molecule is COc1cc(CCC(=O)N2CCC(C(=O)c3cnn(-c4ccccc4)c3N)CC2)on1. The number of aryl methyl sites for hydroxylation is 1. The number of rotatable bonds is 7. The summed E-state index contributed by atoms with van der Waals surface area (Å²) in [5.41, 5.74) is 7.46. The number of hydrogen-bond acceptors (Lipinski definition) is 7. The minimum Gasteiger partial charge on any atom is -0.479 e. The van der Waals surface area contributed by atoms with Crippen molar-refractivity contribution in [2.24, 2.45) is 5.92 Å². The van der Waals surface area contributed by atoms with Crippen molar-refractivity contribution in [3.05, 3.63) is 53.9 Å². The molecule has 0 radical (unpaired) electrons. The third-order valence-electron chi connectivity index (χ3n) is 5.62. The summed E-state index contributed by atoms with van der Waals surface area (Å²) in [6.45, 7) is 1.09. The molecule has 3 aromatic rings. The molecule has 31 heavy (non-hydrogen) atoms. The van der Waals surface area contributed by atoms with Gasteiger partial charge in [0.25, 0.3) is 5.88 Å². The van der Waals surface area contributed by atoms with E-state index in [-0.39, 0.29) is 17.6 Å². The molecule has 1 aliphatic heterocycles. The van der Waals surface area contributed by atoms with Crippen LogP contribution in [0.25, 0.3) is 5.69 Å². The summed E-state index contributed by atoms with van der Waals surface area (Å²) in [4.78, 5) is 27.3. The first-order valence-electron chi connectivity index (χ1n) is 10.3. The number of ketones is 1. The normalized spacial score (nSPS) is 14.5. The number of nitrogen functional groups attached to an aromatic ring is 1. The Labute approximate surface area is 179 Å². The van der Waals surface area contributed by atoms with Crippen LogP contribution in [0.15, 0.2) is 47.1 Å². The molecule has 0 aliphatic carbocycles. The molecule has 9 nitrogen and oxygen atoms in total. The van der Waals surface area contributed by atoms with Crippen LogP contribution in [-0.2, 0) is 11.2 Å². The summed E-state index contributed by atoms with van der Waals surface area (Å²) < 4.78 is 11.7. The van der Waals surface area contributed by atoms with Crippen molar-refractivity contribution >= 4 is 17.5 Å². The molecule has 1 saturated heterocycles. The van der Waals surface area contributed by atoms with Gasteiger partial charge in [0, 0.05) is 37.9 Å². The van der Waals surface area contributed by atoms with Gasteiger partial charge in [-0.1, -0.05) is 18.2 Å². The van der Waals surface area contributed by atoms with Crippen LogP contribution in [0.3, 0.4) is 0 Å². The Hall–Kier alpha value is -3.62. The van der Waals surface area contributed by atoms with E-state index in [0.717, 1.165) is 5.69 Å². The third kappa shape index (κ3) is 4.45. The molecule has 1 aromatic carbocycles. The molecule has 0 bridgehead atoms. The Morgan fingerprint density at radius 2 is 1.97 bits per heavy atom. The molecular formula is C22H25N5O4. The van der Waals surface area contributed by atoms with E-state index < -0.39 is 0 Å². The fourth-order valence-corrected chi connectivity index (χ4v) is 3.83. The van der Waals surface area contributed by atoms with Gasteiger partial charge in [0.05, 0.1) is 24.6 Å². The van der Waals surface area contributed by atoms with E-state index in [1.807, 2.05) is 30.3 Å². The zero-order chi connectivity index (χ0) is 21.8. The van der Waals surface area contributed by atoms with Crippen LogP contribution in [0.2, 0.25) is 0 Å². The summed E-state index contributed by atoms with van der Waals surface area (Å²) in [6, 6.07) is 11.1. The Kier molecular flexibility index (Phi) is 6.01. The van der Waals surface area contributed by atoms with E-state index in [0.29, 0.717) is 61.8 Å². The van der Waals surface area contributed by atoms with Crippen molar-refractivity contribution in [1.82, 2.24) is 19.8 Å². The molecule has 0 atom stereocenters. The van der Waals surface area contributed by atoms with E-state index in [1.165, 1.54) is 13.3 Å². The third-order valence-corrected chi connectivity index (χ3v) is 5.62. The highest BCUT2D eigenvalue weighted by Crippen LogP contribution is 2.26. The van der Waals surface area contributed by atoms with Gasteiger partial charge in [0.2, 0.25) is 5.91 Å². The number of ether oxygens (including phenoxy) is 1. The largest absolute Gasteiger partial charge is 0.479 e. The number of carbonyl (C=O) groups is 2. The highest BCUT2D eigenvalue weighted by atomic mass is 16.5. The van der Waals surface area contributed by atoms with Crippen LogP contribution in [0.4, 0.5) is 5.82 Å². The number of likely N-dealkylation sites (tertiary alicyclic amines) is 1. The Balaban J connectivity index is 1.32. The second-order valence-corrected chi connectivity index (χ2v) is 7.55. The molecule has 1 amide bonds. The number of carbonyl (C=O) groups excluding carboxylic acids is 2. The number of aromatic nitrogens is 3. The molecule has 162 valence electrons. The van der Waals surface area contributed by atoms with Gasteiger partial charge < -0.3 is 19.9 Å². The van der Waals surface area contributed by atoms with Crippen molar-refractivity contribution in [1.29, 1.82) is 0 Å². The maximum absolute atomic E-state index is 13.0. The monoisotopic (exact) mass is 423 g/mol. The first kappa shape index (κ1) is 20.6. The summed E-state index contributed by atoms with van der Waals surface area (Å²) in [7, 11) is 1.51. The number of piperidine rings is 1. The lowest BCUT2D eigenvalue weighted by Crippen LogP contribution is -2.40. The van der Waals surface area contributed by atoms with E-state index in [4.69, 9.17) is 15.0 Å². The molecule has 1 aliphatic rings. The fourth-order valence-electron chi connectivity index (χ4n) is 3.83. The number of benzene rings is 1. The average molecular weight is 423 g/mol. The minimum atomic E-state index is -0.168. The van der Waals surface area contributed by atoms with Crippen molar-refractivity contribution < 1.29 is 18.8 Å². The zero-order valence-electron chi connectivity index (χ0n) is 17.4. The number of anilines is 1. The lowest BCUT2D eigenvalue weighted by atomic mass is 9.89. The van der Waals surface area contributed by atoms with E-state index in [9.17, 15) is 9.59 Å². The molecular weight excluding hydrogens is 398 g/mol. The molecule has 0 saturated carbocycles. The molecule has 4 rings (SSSR count). The predicted octanol–water partition coefficient (Wildman–Crippen LogP) is 2.51. The Morgan fingerprint density at radius 3 is 2.65 bits per heavy atom. The zero-order valence-corrected chi connectivity index (χ0v) is 17.4. The Morgan fingerprint density at radius 1 is 1.23 bits per heavy atom. The topological polar surface area (TPSA) is 116 Å². The van der Waals surface area contributed by atoms with Gasteiger partial charge in [0.1, 0.15) is 11.6 Å². The van der Waals surface area contributed by atoms with Crippen molar-refractivity contribution in [3.8, 4) is 11.6 Å². The highest BCUT2D eigenvalue weighted by molar-refractivity contribution is 6.01. The molecule has 0 spiro atoms. The number of amides is 1. The maximum atomic E-state index is 13.0. The van der Waals surface area contributed by atoms with Gasteiger partial charge in [-0.05, 0) is 30.1 Å². The summed E-state index contributed by atoms with van der Waals surface area (Å²) in [5, 5.41) is 8.02. The van der Waals surface area contributed by atoms with Crippen LogP contribution in [0.5, 0.6) is 5.88 Å². The number of para-hydroxylation sites is 1. The van der Waals surface area contributed by atoms with Gasteiger partial charge in [-0.15, -0.1) is 0 Å². The van der Waals surface area contributed by atoms with E-state index in [1.54, 1.807) is 15.6 Å². The molecule has 2 aromatic heterocycles. The first-order valence-corrected chi connectivity index (χ1v) is 10.3. The molecule has 3 heterocycles. The lowest BCUT2D eigenvalue weighted by Gasteiger charge is -2.31. The first-order chi connectivity index (χ1) is 15.1. The summed E-state index contributed by atoms with van der Waals surface area (Å²) in [6.07, 6.45) is 3.54. The van der Waals surface area contributed by atoms with Gasteiger partial charge in [0.15, 0.2) is 5.78 Å². The van der Waals surface area contributed by atoms with Gasteiger partial charge in [-0.2, -0.15) is 5.10 Å². The van der Waals surface area contributed by atoms with Crippen LogP contribution in [0, 0.1) is 5.92 Å². The standard InChI is InChI=1S/C22H25N5O4/c1-30-19-13-17(31-25-19)7-8-20(28)26-11-9-15(10-12-26)21(29)18-14-24-27(22(18)23)16-5-3-2-4-6-16/h2-6,13-15H,7-12,23H2,1H3. The molecule has 1 fully saturated rings.